The van der Waals surface area contributed by atoms with Crippen LogP contribution in [0.5, 0.6) is 0 Å². The van der Waals surface area contributed by atoms with E-state index in [1.165, 1.54) is 0 Å². The van der Waals surface area contributed by atoms with Gasteiger partial charge in [-0.15, -0.1) is 0 Å². The molecule has 0 saturated carbocycles. The molecule has 2 nitrogen and oxygen atoms in total. The van der Waals surface area contributed by atoms with Crippen molar-refractivity contribution < 1.29 is 45.9 Å². The second-order valence-electron chi connectivity index (χ2n) is 3.59. The summed E-state index contributed by atoms with van der Waals surface area (Å²) in [5.41, 5.74) is 0.262. The zero-order valence-electron chi connectivity index (χ0n) is 9.93. The molecule has 0 bridgehead atoms. The number of hydrogen-bond donors (Lipinski definition) is 1. The van der Waals surface area contributed by atoms with Crippen LogP contribution in [0.3, 0.4) is 0 Å². The van der Waals surface area contributed by atoms with Gasteiger partial charge in [-0.1, -0.05) is 26.7 Å². The van der Waals surface area contributed by atoms with Crippen molar-refractivity contribution in [1.29, 1.82) is 0 Å². The van der Waals surface area contributed by atoms with Gasteiger partial charge < -0.3 is 5.11 Å². The molecule has 14 heavy (non-hydrogen) atoms. The molecule has 0 aliphatic carbocycles. The summed E-state index contributed by atoms with van der Waals surface area (Å²) < 4.78 is 0. The quantitative estimate of drug-likeness (QED) is 0.747. The van der Waals surface area contributed by atoms with E-state index in [0.29, 0.717) is 0 Å². The summed E-state index contributed by atoms with van der Waals surface area (Å²) in [5, 5.41) is 10.3. The van der Waals surface area contributed by atoms with E-state index in [1.807, 2.05) is 13.8 Å². The Hall–Kier alpha value is 0.981. The largest absolute Gasteiger partial charge is 0.384 e. The van der Waals surface area contributed by atoms with Crippen molar-refractivity contribution in [3.63, 3.8) is 0 Å². The number of aliphatic imine (C=N–C) groups is 1. The van der Waals surface area contributed by atoms with Crippen LogP contribution in [0, 0.1) is 40.8 Å². The zero-order valence-corrected chi connectivity index (χ0v) is 13.1. The van der Waals surface area contributed by atoms with E-state index in [9.17, 15) is 5.11 Å². The van der Waals surface area contributed by atoms with Crippen LogP contribution in [-0.2, 0) is 0 Å². The van der Waals surface area contributed by atoms with E-state index in [1.54, 1.807) is 0 Å². The fraction of sp³-hybridized carbons (Fsp3) is 0.909. The van der Waals surface area contributed by atoms with Crippen LogP contribution in [0.1, 0.15) is 53.4 Å². The smallest absolute Gasteiger partial charge is 0.102 e. The van der Waals surface area contributed by atoms with Gasteiger partial charge in [-0.25, -0.2) is 0 Å². The monoisotopic (exact) mass is 327 g/mol. The normalized spacial score (nSPS) is 12.5. The van der Waals surface area contributed by atoms with Crippen molar-refractivity contribution in [2.24, 2.45) is 4.99 Å². The van der Waals surface area contributed by atoms with E-state index in [0.717, 1.165) is 37.9 Å². The third-order valence-electron chi connectivity index (χ3n) is 2.40. The second-order valence-corrected chi connectivity index (χ2v) is 3.59. The van der Waals surface area contributed by atoms with Gasteiger partial charge in [0.25, 0.3) is 0 Å². The Morgan fingerprint density at radius 3 is 1.86 bits per heavy atom. The minimum atomic E-state index is -0.639. The summed E-state index contributed by atoms with van der Waals surface area (Å²) in [4.78, 5) is 4.30. The van der Waals surface area contributed by atoms with Crippen molar-refractivity contribution in [3.8, 4) is 0 Å². The van der Waals surface area contributed by atoms with Crippen LogP contribution in [-0.4, -0.2) is 23.0 Å². The predicted octanol–water partition coefficient (Wildman–Crippen LogP) is 2.80. The average molecular weight is 330 g/mol. The van der Waals surface area contributed by atoms with Gasteiger partial charge in [-0.2, -0.15) is 0 Å². The molecule has 0 heterocycles. The number of aliphatic hydroxyl groups is 1. The minimum Gasteiger partial charge on any atom is -0.384 e. The Balaban J connectivity index is 0. The summed E-state index contributed by atoms with van der Waals surface area (Å²) in [6.07, 6.45) is 3.67. The molecule has 0 radical (unpaired) electrons. The SMILES string of the molecule is CCCC(O)(CCC)C(C)=NCC.[Nd]. The Morgan fingerprint density at radius 1 is 1.14 bits per heavy atom. The first kappa shape index (κ1) is 17.4. The van der Waals surface area contributed by atoms with Gasteiger partial charge in [0, 0.05) is 53.1 Å². The Bertz CT molecular complexity index is 163. The molecule has 3 heteroatoms. The number of nitrogens with zero attached hydrogens (tertiary/aromatic N) is 1. The van der Waals surface area contributed by atoms with Crippen LogP contribution in [0.4, 0.5) is 0 Å². The summed E-state index contributed by atoms with van der Waals surface area (Å²) in [6.45, 7) is 8.90. The first-order valence-corrected chi connectivity index (χ1v) is 5.34. The molecule has 0 rings (SSSR count). The third kappa shape index (κ3) is 5.76. The van der Waals surface area contributed by atoms with Gasteiger partial charge in [-0.3, -0.25) is 4.99 Å². The molecule has 0 fully saturated rings. The third-order valence-corrected chi connectivity index (χ3v) is 2.40. The van der Waals surface area contributed by atoms with Crippen LogP contribution in [0.15, 0.2) is 4.99 Å². The van der Waals surface area contributed by atoms with Crippen LogP contribution in [0.25, 0.3) is 0 Å². The van der Waals surface area contributed by atoms with E-state index in [-0.39, 0.29) is 40.8 Å². The van der Waals surface area contributed by atoms with Crippen LogP contribution in [0.2, 0.25) is 0 Å². The van der Waals surface area contributed by atoms with Crippen molar-refractivity contribution in [2.75, 3.05) is 6.54 Å². The maximum atomic E-state index is 10.3. The Labute approximate surface area is 121 Å². The predicted molar refractivity (Wildman–Crippen MR) is 58.4 cm³/mol. The van der Waals surface area contributed by atoms with E-state index < -0.39 is 5.60 Å². The molecule has 0 saturated heterocycles. The average Bonchev–Trinajstić information content (AvgIpc) is 2.05. The van der Waals surface area contributed by atoms with Gasteiger partial charge in [0.2, 0.25) is 0 Å². The summed E-state index contributed by atoms with van der Waals surface area (Å²) >= 11 is 0. The summed E-state index contributed by atoms with van der Waals surface area (Å²) in [7, 11) is 0. The molecule has 0 aromatic rings. The summed E-state index contributed by atoms with van der Waals surface area (Å²) in [5.74, 6) is 0. The molecule has 0 aromatic carbocycles. The second kappa shape index (κ2) is 9.22. The van der Waals surface area contributed by atoms with Gasteiger partial charge >= 0.3 is 0 Å². The number of rotatable bonds is 6. The standard InChI is InChI=1S/C11H23NO.Nd/c1-5-8-11(13,9-6-2)10(4)12-7-3;/h13H,5-9H2,1-4H3;. The van der Waals surface area contributed by atoms with Gasteiger partial charge in [-0.05, 0) is 26.7 Å². The first-order chi connectivity index (χ1) is 6.10. The molecular formula is C11H23NNdO. The maximum Gasteiger partial charge on any atom is 0.102 e. The molecule has 0 amide bonds. The Kier molecular flexibility index (Phi) is 11.4. The van der Waals surface area contributed by atoms with Crippen LogP contribution >= 0.6 is 0 Å². The summed E-state index contributed by atoms with van der Waals surface area (Å²) in [6, 6.07) is 0. The van der Waals surface area contributed by atoms with Crippen molar-refractivity contribution in [3.05, 3.63) is 0 Å². The molecule has 0 atom stereocenters. The van der Waals surface area contributed by atoms with Gasteiger partial charge in [0.05, 0.1) is 0 Å². The molecule has 0 aliphatic heterocycles. The fourth-order valence-corrected chi connectivity index (χ4v) is 1.70. The number of hydrogen-bond acceptors (Lipinski definition) is 2. The molecular weight excluding hydrogens is 306 g/mol. The van der Waals surface area contributed by atoms with E-state index in [2.05, 4.69) is 18.8 Å². The Morgan fingerprint density at radius 2 is 1.57 bits per heavy atom. The maximum absolute atomic E-state index is 10.3. The van der Waals surface area contributed by atoms with E-state index >= 15 is 0 Å². The van der Waals surface area contributed by atoms with E-state index in [4.69, 9.17) is 0 Å². The minimum absolute atomic E-state index is 0. The molecule has 0 spiro atoms. The first-order valence-electron chi connectivity index (χ1n) is 5.34. The molecule has 0 aliphatic rings. The molecule has 0 aromatic heterocycles. The van der Waals surface area contributed by atoms with Crippen molar-refractivity contribution in [1.82, 2.24) is 0 Å². The van der Waals surface area contributed by atoms with Crippen molar-refractivity contribution in [2.45, 2.75) is 59.0 Å². The van der Waals surface area contributed by atoms with Gasteiger partial charge in [0.15, 0.2) is 0 Å². The molecule has 1 N–H and O–H groups in total. The topological polar surface area (TPSA) is 32.6 Å². The fourth-order valence-electron chi connectivity index (χ4n) is 1.70. The van der Waals surface area contributed by atoms with Gasteiger partial charge in [0.1, 0.15) is 5.60 Å². The molecule has 0 unspecified atom stereocenters. The molecule has 82 valence electrons. The van der Waals surface area contributed by atoms with Crippen LogP contribution < -0.4 is 0 Å². The zero-order chi connectivity index (χ0) is 10.3. The van der Waals surface area contributed by atoms with Crippen molar-refractivity contribution >= 4 is 5.71 Å².